The van der Waals surface area contributed by atoms with E-state index in [1.54, 1.807) is 0 Å². The fourth-order valence-corrected chi connectivity index (χ4v) is 18.7. The lowest BCUT2D eigenvalue weighted by molar-refractivity contribution is 0.631. The van der Waals surface area contributed by atoms with E-state index < -0.39 is 0 Å². The highest BCUT2D eigenvalue weighted by atomic mass is 32.1. The number of hydrogen-bond acceptors (Lipinski definition) is 4. The number of thiophene rings is 1. The van der Waals surface area contributed by atoms with Crippen molar-refractivity contribution >= 4 is 109 Å². The van der Waals surface area contributed by atoms with E-state index in [4.69, 9.17) is 4.42 Å². The zero-order valence-electron chi connectivity index (χ0n) is 59.1. The summed E-state index contributed by atoms with van der Waals surface area (Å²) in [5.74, 6) is 0.832. The minimum atomic E-state index is -0.247. The molecule has 106 heavy (non-hydrogen) atoms. The van der Waals surface area contributed by atoms with Crippen LogP contribution in [0.25, 0.3) is 143 Å². The molecule has 19 aromatic rings. The number of anilines is 6. The van der Waals surface area contributed by atoms with Gasteiger partial charge in [0.05, 0.1) is 22.1 Å². The van der Waals surface area contributed by atoms with Gasteiger partial charge in [0.1, 0.15) is 16.3 Å². The van der Waals surface area contributed by atoms with Crippen molar-refractivity contribution < 1.29 is 4.42 Å². The fourth-order valence-electron chi connectivity index (χ4n) is 17.6. The number of hydrogen-bond donors (Lipinski definition) is 0. The summed E-state index contributed by atoms with van der Waals surface area (Å²) in [7, 11) is 0. The summed E-state index contributed by atoms with van der Waals surface area (Å²) in [5, 5.41) is 8.45. The average Bonchev–Trinajstić information content (AvgIpc) is 1.69. The molecule has 0 saturated heterocycles. The van der Waals surface area contributed by atoms with Gasteiger partial charge in [-0.1, -0.05) is 216 Å². The lowest BCUT2D eigenvalue weighted by Crippen LogP contribution is -2.16. The zero-order valence-corrected chi connectivity index (χ0v) is 59.9. The molecule has 0 aliphatic heterocycles. The predicted octanol–water partition coefficient (Wildman–Crippen LogP) is 28.1. The highest BCUT2D eigenvalue weighted by Crippen LogP contribution is 2.55. The van der Waals surface area contributed by atoms with Gasteiger partial charge in [0.2, 0.25) is 0 Å². The first-order chi connectivity index (χ1) is 52.0. The molecule has 5 nitrogen and oxygen atoms in total. The van der Waals surface area contributed by atoms with Crippen molar-refractivity contribution in [3.63, 3.8) is 0 Å². The Morgan fingerprint density at radius 1 is 0.274 bits per heavy atom. The minimum Gasteiger partial charge on any atom is -0.456 e. The summed E-state index contributed by atoms with van der Waals surface area (Å²) >= 11 is 1.83. The van der Waals surface area contributed by atoms with E-state index in [1.165, 1.54) is 120 Å². The second kappa shape index (κ2) is 23.8. The van der Waals surface area contributed by atoms with E-state index in [-0.39, 0.29) is 10.8 Å². The Kier molecular flexibility index (Phi) is 13.8. The van der Waals surface area contributed by atoms with Crippen molar-refractivity contribution in [1.29, 1.82) is 0 Å². The molecule has 2 aliphatic carbocycles. The molecule has 0 spiro atoms. The Bertz CT molecular complexity index is 6710. The first-order valence-corrected chi connectivity index (χ1v) is 37.5. The fraction of sp³-hybridized carbons (Fsp3) is 0.0600. The van der Waals surface area contributed by atoms with Crippen molar-refractivity contribution in [1.82, 2.24) is 9.13 Å². The van der Waals surface area contributed by atoms with Gasteiger partial charge in [-0.3, -0.25) is 0 Å². The van der Waals surface area contributed by atoms with E-state index in [0.717, 1.165) is 78.8 Å². The number of furan rings is 1. The van der Waals surface area contributed by atoms with Crippen molar-refractivity contribution in [3.05, 3.63) is 374 Å². The normalized spacial score (nSPS) is 13.2. The predicted molar refractivity (Wildman–Crippen MR) is 447 cm³/mol. The first kappa shape index (κ1) is 61.6. The molecule has 0 N–H and O–H groups in total. The van der Waals surface area contributed by atoms with E-state index in [2.05, 4.69) is 398 Å². The monoisotopic (exact) mass is 1370 g/mol. The lowest BCUT2D eigenvalue weighted by atomic mass is 9.82. The number of nitrogens with zero attached hydrogens (tertiary/aromatic N) is 4. The molecule has 6 heteroatoms. The molecule has 4 aromatic heterocycles. The van der Waals surface area contributed by atoms with Gasteiger partial charge in [-0.2, -0.15) is 0 Å². The molecule has 4 heterocycles. The van der Waals surface area contributed by atoms with Crippen LogP contribution in [0.15, 0.2) is 356 Å². The highest BCUT2D eigenvalue weighted by molar-refractivity contribution is 7.23. The minimum absolute atomic E-state index is 0.160. The van der Waals surface area contributed by atoms with Crippen LogP contribution in [0.4, 0.5) is 33.4 Å². The van der Waals surface area contributed by atoms with E-state index in [0.29, 0.717) is 0 Å². The van der Waals surface area contributed by atoms with E-state index in [1.807, 2.05) is 11.3 Å². The van der Waals surface area contributed by atoms with Gasteiger partial charge in [-0.15, -0.1) is 11.3 Å². The Hall–Kier alpha value is -13.0. The SMILES string of the molecule is CC1(C)c2ccccc2-c2ccc(N(c3ccc(-c4ccc5c(c4)c4ccccc4n5-c4ccccc4)cc3)c3ccc(-c4cc5ccc(-c6ccc7c(c6)-c6ccc(N(c8ccc(-c9ccc%10c(c9)c9ccccc9n%10-c9ccccc9)cc8)c8cc9ccccc9s8)cc6C7(C)C)cc5o4)cc3)cc21. The van der Waals surface area contributed by atoms with Crippen molar-refractivity contribution in [2.75, 3.05) is 9.80 Å². The molecule has 0 radical (unpaired) electrons. The van der Waals surface area contributed by atoms with E-state index >= 15 is 0 Å². The van der Waals surface area contributed by atoms with Crippen LogP contribution in [0.5, 0.6) is 0 Å². The van der Waals surface area contributed by atoms with Crippen LogP contribution < -0.4 is 9.80 Å². The van der Waals surface area contributed by atoms with Crippen LogP contribution in [0, 0.1) is 0 Å². The van der Waals surface area contributed by atoms with Crippen LogP contribution in [0.2, 0.25) is 0 Å². The maximum atomic E-state index is 6.88. The average molecular weight is 1380 g/mol. The second-order valence-electron chi connectivity index (χ2n) is 29.7. The highest BCUT2D eigenvalue weighted by Gasteiger charge is 2.38. The number of fused-ring (bicyclic) bond motifs is 14. The summed E-state index contributed by atoms with van der Waals surface area (Å²) in [5.41, 5.74) is 31.6. The molecule has 0 saturated carbocycles. The molecule has 0 amide bonds. The summed E-state index contributed by atoms with van der Waals surface area (Å²) in [6, 6.07) is 130. The van der Waals surface area contributed by atoms with Crippen molar-refractivity contribution in [2.45, 2.75) is 38.5 Å². The third-order valence-electron chi connectivity index (χ3n) is 22.9. The molecule has 502 valence electrons. The number of rotatable bonds is 12. The maximum absolute atomic E-state index is 6.88. The van der Waals surface area contributed by atoms with Gasteiger partial charge >= 0.3 is 0 Å². The number of para-hydroxylation sites is 4. The Labute approximate surface area is 619 Å². The Morgan fingerprint density at radius 2 is 0.708 bits per heavy atom. The lowest BCUT2D eigenvalue weighted by Gasteiger charge is -2.28. The molecular weight excluding hydrogens is 1310 g/mol. The summed E-state index contributed by atoms with van der Waals surface area (Å²) in [6.45, 7) is 9.48. The molecular formula is C100H70N4OS. The van der Waals surface area contributed by atoms with Gasteiger partial charge in [0.15, 0.2) is 0 Å². The standard InChI is InChI=1S/C100H70N4OS/c1-99(2)87-27-15-12-24-79(87)80-50-48-77(61-89(80)99)101(74-42-33-63(34-43-74)66-40-53-93-85(56-66)82-25-13-16-28-91(82)103(93)72-20-7-5-8-21-72)75-46-37-65(38-47-75)95-59-70-32-31-69(58-96(70)105-95)68-39-52-88-84(55-68)81-51-49-78(62-90(81)100(88,3)4)102(98-60-71-19-11-18-30-97(71)106-98)76-44-35-64(36-45-76)67-41-54-94-86(57-67)83-26-14-17-29-92(83)104(94)73-22-9-6-10-23-73/h5-62H,1-4H3. The second-order valence-corrected chi connectivity index (χ2v) is 30.7. The molecule has 0 fully saturated rings. The number of aromatic nitrogens is 2. The quantitative estimate of drug-likeness (QED) is 0.122. The largest absolute Gasteiger partial charge is 0.456 e. The van der Waals surface area contributed by atoms with Gasteiger partial charge in [0, 0.05) is 87.8 Å². The van der Waals surface area contributed by atoms with Crippen LogP contribution in [0.3, 0.4) is 0 Å². The molecule has 0 bridgehead atoms. The number of benzene rings is 15. The van der Waals surface area contributed by atoms with Crippen LogP contribution in [0.1, 0.15) is 49.9 Å². The molecule has 15 aromatic carbocycles. The summed E-state index contributed by atoms with van der Waals surface area (Å²) in [4.78, 5) is 4.86. The third-order valence-corrected chi connectivity index (χ3v) is 24.0. The topological polar surface area (TPSA) is 29.5 Å². The molecule has 2 aliphatic rings. The van der Waals surface area contributed by atoms with Crippen LogP contribution in [-0.4, -0.2) is 9.13 Å². The van der Waals surface area contributed by atoms with Gasteiger partial charge in [0.25, 0.3) is 0 Å². The van der Waals surface area contributed by atoms with Gasteiger partial charge in [-0.25, -0.2) is 0 Å². The van der Waals surface area contributed by atoms with E-state index in [9.17, 15) is 0 Å². The third kappa shape index (κ3) is 9.75. The zero-order chi connectivity index (χ0) is 70.5. The first-order valence-electron chi connectivity index (χ1n) is 36.7. The van der Waals surface area contributed by atoms with Crippen molar-refractivity contribution in [2.24, 2.45) is 0 Å². The van der Waals surface area contributed by atoms with Gasteiger partial charge in [-0.05, 0) is 247 Å². The van der Waals surface area contributed by atoms with Crippen molar-refractivity contribution in [3.8, 4) is 78.3 Å². The summed E-state index contributed by atoms with van der Waals surface area (Å²) in [6.07, 6.45) is 0. The molecule has 0 atom stereocenters. The van der Waals surface area contributed by atoms with Gasteiger partial charge < -0.3 is 23.4 Å². The smallest absolute Gasteiger partial charge is 0.135 e. The summed E-state index contributed by atoms with van der Waals surface area (Å²) < 4.78 is 12.9. The molecule has 0 unspecified atom stereocenters. The Morgan fingerprint density at radius 3 is 1.31 bits per heavy atom. The maximum Gasteiger partial charge on any atom is 0.135 e. The molecule has 21 rings (SSSR count). The van der Waals surface area contributed by atoms with Crippen LogP contribution in [-0.2, 0) is 10.8 Å². The Balaban J connectivity index is 0.585. The van der Waals surface area contributed by atoms with Crippen LogP contribution >= 0.6 is 11.3 Å².